The molecular weight excluding hydrogens is 616 g/mol. The average Bonchev–Trinajstić information content (AvgIpc) is 3.03. The number of nitrogens with zero attached hydrogens (tertiary/aromatic N) is 1. The van der Waals surface area contributed by atoms with Crippen molar-refractivity contribution < 1.29 is 32.2 Å². The first-order valence-electron chi connectivity index (χ1n) is 15.7. The summed E-state index contributed by atoms with van der Waals surface area (Å²) in [5, 5.41) is -0.473. The number of hydrogen-bond donors (Lipinski definition) is 1. The summed E-state index contributed by atoms with van der Waals surface area (Å²) in [5.74, 6) is -0.598. The molecule has 2 unspecified atom stereocenters. The lowest BCUT2D eigenvalue weighted by molar-refractivity contribution is -0.140. The number of esters is 1. The molecule has 45 heavy (non-hydrogen) atoms. The van der Waals surface area contributed by atoms with E-state index in [0.717, 1.165) is 62.0 Å². The molecular formula is C34H43ClN2O7S. The second-order valence-electron chi connectivity index (χ2n) is 12.4. The molecule has 0 radical (unpaired) electrons. The molecule has 1 saturated carbocycles. The minimum atomic E-state index is -4.25. The molecule has 5 atom stereocenters. The molecule has 2 aliphatic heterocycles. The van der Waals surface area contributed by atoms with Gasteiger partial charge in [0.2, 0.25) is 10.0 Å². The van der Waals surface area contributed by atoms with Crippen molar-refractivity contribution >= 4 is 39.2 Å². The zero-order valence-electron chi connectivity index (χ0n) is 26.2. The number of nitrogens with one attached hydrogen (secondary N) is 1. The van der Waals surface area contributed by atoms with Crippen LogP contribution in [0.2, 0.25) is 5.02 Å². The lowest BCUT2D eigenvalue weighted by Crippen LogP contribution is -2.44. The maximum atomic E-state index is 13.6. The predicted molar refractivity (Wildman–Crippen MR) is 174 cm³/mol. The molecule has 0 spiro atoms. The molecule has 2 bridgehead atoms. The number of amides is 1. The Kier molecular flexibility index (Phi) is 10.8. The minimum absolute atomic E-state index is 0.121. The molecule has 11 heteroatoms. The highest BCUT2D eigenvalue weighted by atomic mass is 35.5. The van der Waals surface area contributed by atoms with Crippen molar-refractivity contribution in [3.8, 4) is 5.75 Å². The van der Waals surface area contributed by atoms with Crippen LogP contribution in [0.5, 0.6) is 5.75 Å². The van der Waals surface area contributed by atoms with Crippen molar-refractivity contribution in [1.82, 2.24) is 4.72 Å². The van der Waals surface area contributed by atoms with Gasteiger partial charge in [-0.05, 0) is 97.7 Å². The van der Waals surface area contributed by atoms with Crippen molar-refractivity contribution in [2.75, 3.05) is 32.2 Å². The molecule has 1 aliphatic carbocycles. The fourth-order valence-electron chi connectivity index (χ4n) is 6.72. The fraction of sp³-hybridized carbons (Fsp3) is 0.529. The maximum absolute atomic E-state index is 13.6. The Labute approximate surface area is 271 Å². The van der Waals surface area contributed by atoms with E-state index < -0.39 is 33.1 Å². The molecule has 0 saturated heterocycles. The van der Waals surface area contributed by atoms with Crippen molar-refractivity contribution in [3.63, 3.8) is 0 Å². The number of halogens is 1. The summed E-state index contributed by atoms with van der Waals surface area (Å²) < 4.78 is 46.6. The molecule has 1 N–H and O–H groups in total. The zero-order chi connectivity index (χ0) is 32.1. The highest BCUT2D eigenvalue weighted by Crippen LogP contribution is 2.41. The Morgan fingerprint density at radius 1 is 1.11 bits per heavy atom. The van der Waals surface area contributed by atoms with Crippen LogP contribution >= 0.6 is 11.6 Å². The third kappa shape index (κ3) is 7.84. The first kappa shape index (κ1) is 33.3. The molecule has 244 valence electrons. The van der Waals surface area contributed by atoms with E-state index >= 15 is 0 Å². The molecule has 1 amide bonds. The van der Waals surface area contributed by atoms with Crippen molar-refractivity contribution in [2.24, 2.45) is 17.8 Å². The number of hydrogen-bond acceptors (Lipinski definition) is 8. The topological polar surface area (TPSA) is 111 Å². The highest BCUT2D eigenvalue weighted by Gasteiger charge is 2.39. The lowest BCUT2D eigenvalue weighted by Gasteiger charge is -2.43. The van der Waals surface area contributed by atoms with Gasteiger partial charge in [-0.3, -0.25) is 9.59 Å². The second kappa shape index (κ2) is 14.6. The van der Waals surface area contributed by atoms with Crippen LogP contribution < -0.4 is 14.4 Å². The van der Waals surface area contributed by atoms with Crippen molar-refractivity contribution in [1.29, 1.82) is 0 Å². The zero-order valence-corrected chi connectivity index (χ0v) is 27.7. The van der Waals surface area contributed by atoms with Gasteiger partial charge < -0.3 is 19.1 Å². The predicted octanol–water partition coefficient (Wildman–Crippen LogP) is 5.69. The Balaban J connectivity index is 1.55. The van der Waals surface area contributed by atoms with Gasteiger partial charge in [-0.25, -0.2) is 13.1 Å². The average molecular weight is 659 g/mol. The van der Waals surface area contributed by atoms with Gasteiger partial charge in [0.1, 0.15) is 12.4 Å². The SMILES string of the molecule is COC(=O)C[C@@H]1[C@@H](C)C/C=C/[C@H](OC)C2CCC2CN2CCCCc3cc(Cl)ccc3COc3ccc(cc32)C(=O)NS1(=O)=O. The van der Waals surface area contributed by atoms with E-state index in [9.17, 15) is 18.0 Å². The fourth-order valence-corrected chi connectivity index (χ4v) is 8.52. The van der Waals surface area contributed by atoms with Crippen LogP contribution in [-0.4, -0.2) is 59.0 Å². The van der Waals surface area contributed by atoms with Gasteiger partial charge in [0.25, 0.3) is 5.91 Å². The number of anilines is 1. The molecule has 5 rings (SSSR count). The highest BCUT2D eigenvalue weighted by molar-refractivity contribution is 7.90. The number of carbonyl (C=O) groups is 2. The Bertz CT molecular complexity index is 1530. The number of methoxy groups -OCH3 is 2. The molecule has 2 aromatic carbocycles. The van der Waals surface area contributed by atoms with E-state index in [2.05, 4.69) is 9.62 Å². The first-order chi connectivity index (χ1) is 21.6. The standard InChI is InChI=1S/C34H43ClN2O7S/c1-22-7-6-9-30(42-2)28-14-11-25(28)20-37-16-5-4-8-23-17-27(35)13-10-26(23)21-44-31-15-12-24(18-29(31)37)34(39)36-45(40,41)32(22)19-33(38)43-3/h6,9-10,12-13,15,17-18,22,25,28,30,32H,4-5,7-8,11,14,16,19-21H2,1-3H3,(H,36,39)/b9-6+/t22-,25?,28?,30-,32+/m0/s1. The molecule has 3 aliphatic rings. The number of carbonyl (C=O) groups excluding carboxylic acids is 2. The lowest BCUT2D eigenvalue weighted by atomic mass is 9.70. The summed E-state index contributed by atoms with van der Waals surface area (Å²) in [6.45, 7) is 3.60. The number of fused-ring (bicyclic) bond motifs is 3. The molecule has 0 aromatic heterocycles. The molecule has 2 heterocycles. The Morgan fingerprint density at radius 2 is 1.93 bits per heavy atom. The number of ether oxygens (including phenoxy) is 3. The normalized spacial score (nSPS) is 27.7. The van der Waals surface area contributed by atoms with Gasteiger partial charge in [0, 0.05) is 30.8 Å². The van der Waals surface area contributed by atoms with Crippen LogP contribution in [-0.2, 0) is 37.3 Å². The third-order valence-corrected chi connectivity index (χ3v) is 11.7. The number of allylic oxidation sites excluding steroid dienone is 1. The quantitative estimate of drug-likeness (QED) is 0.331. The van der Waals surface area contributed by atoms with Crippen LogP contribution in [0.4, 0.5) is 5.69 Å². The van der Waals surface area contributed by atoms with Gasteiger partial charge in [-0.1, -0.05) is 36.7 Å². The van der Waals surface area contributed by atoms with E-state index in [0.29, 0.717) is 35.6 Å². The van der Waals surface area contributed by atoms with Crippen LogP contribution in [0.3, 0.4) is 0 Å². The summed E-state index contributed by atoms with van der Waals surface area (Å²) in [6, 6.07) is 10.9. The van der Waals surface area contributed by atoms with Crippen molar-refractivity contribution in [2.45, 2.75) is 69.8 Å². The van der Waals surface area contributed by atoms with Gasteiger partial charge >= 0.3 is 5.97 Å². The number of sulfonamides is 1. The largest absolute Gasteiger partial charge is 0.487 e. The van der Waals surface area contributed by atoms with Crippen LogP contribution in [0, 0.1) is 17.8 Å². The van der Waals surface area contributed by atoms with E-state index in [1.54, 1.807) is 32.2 Å². The summed E-state index contributed by atoms with van der Waals surface area (Å²) in [7, 11) is -1.32. The summed E-state index contributed by atoms with van der Waals surface area (Å²) in [6.07, 6.45) is 8.69. The monoisotopic (exact) mass is 658 g/mol. The molecule has 2 aromatic rings. The summed E-state index contributed by atoms with van der Waals surface area (Å²) >= 11 is 6.32. The van der Waals surface area contributed by atoms with Crippen LogP contribution in [0.1, 0.15) is 66.9 Å². The van der Waals surface area contributed by atoms with Gasteiger partial charge in [-0.2, -0.15) is 0 Å². The minimum Gasteiger partial charge on any atom is -0.487 e. The number of rotatable bonds is 3. The summed E-state index contributed by atoms with van der Waals surface area (Å²) in [5.41, 5.74) is 3.16. The van der Waals surface area contributed by atoms with E-state index in [4.69, 9.17) is 25.8 Å². The summed E-state index contributed by atoms with van der Waals surface area (Å²) in [4.78, 5) is 28.1. The molecule has 1 fully saturated rings. The first-order valence-corrected chi connectivity index (χ1v) is 17.6. The van der Waals surface area contributed by atoms with Gasteiger partial charge in [0.15, 0.2) is 0 Å². The van der Waals surface area contributed by atoms with Gasteiger partial charge in [-0.15, -0.1) is 0 Å². The van der Waals surface area contributed by atoms with Crippen LogP contribution in [0.25, 0.3) is 0 Å². The smallest absolute Gasteiger partial charge is 0.306 e. The maximum Gasteiger partial charge on any atom is 0.306 e. The van der Waals surface area contributed by atoms with E-state index in [1.165, 1.54) is 7.11 Å². The van der Waals surface area contributed by atoms with E-state index in [-0.39, 0.29) is 18.1 Å². The second-order valence-corrected chi connectivity index (χ2v) is 14.8. The molecule has 9 nitrogen and oxygen atoms in total. The van der Waals surface area contributed by atoms with E-state index in [1.807, 2.05) is 30.4 Å². The Morgan fingerprint density at radius 3 is 2.67 bits per heavy atom. The van der Waals surface area contributed by atoms with Crippen molar-refractivity contribution in [3.05, 3.63) is 70.3 Å². The van der Waals surface area contributed by atoms with Gasteiger partial charge in [0.05, 0.1) is 30.6 Å². The Hall–Kier alpha value is -3.08. The number of benzene rings is 2. The van der Waals surface area contributed by atoms with Crippen LogP contribution in [0.15, 0.2) is 48.6 Å². The number of aryl methyl sites for hydroxylation is 1. The third-order valence-electron chi connectivity index (χ3n) is 9.56.